The lowest BCUT2D eigenvalue weighted by atomic mass is 9.98. The van der Waals surface area contributed by atoms with Gasteiger partial charge in [0.2, 0.25) is 0 Å². The molecule has 2 rings (SSSR count). The van der Waals surface area contributed by atoms with Crippen molar-refractivity contribution < 1.29 is 19.7 Å². The van der Waals surface area contributed by atoms with E-state index in [0.29, 0.717) is 18.7 Å². The van der Waals surface area contributed by atoms with Gasteiger partial charge < -0.3 is 14.9 Å². The highest BCUT2D eigenvalue weighted by Gasteiger charge is 2.38. The molecule has 0 amide bonds. The zero-order valence-corrected chi connectivity index (χ0v) is 13.0. The number of ether oxygens (including phenoxy) is 1. The maximum Gasteiger partial charge on any atom is 0.176 e. The predicted octanol–water partition coefficient (Wildman–Crippen LogP) is 2.17. The molecule has 1 aromatic carbocycles. The Labute approximate surface area is 125 Å². The molecule has 5 nitrogen and oxygen atoms in total. The number of hydrogen-bond acceptors (Lipinski definition) is 5. The quantitative estimate of drug-likeness (QED) is 0.660. The van der Waals surface area contributed by atoms with Crippen molar-refractivity contribution in [2.24, 2.45) is 0 Å². The van der Waals surface area contributed by atoms with Crippen LogP contribution in [-0.4, -0.2) is 51.7 Å². The van der Waals surface area contributed by atoms with E-state index >= 15 is 0 Å². The second-order valence-electron chi connectivity index (χ2n) is 6.89. The van der Waals surface area contributed by atoms with E-state index < -0.39 is 0 Å². The summed E-state index contributed by atoms with van der Waals surface area (Å²) in [5.41, 5.74) is -0.217. The number of carbonyl (C=O) groups is 1. The maximum absolute atomic E-state index is 12.3. The Morgan fingerprint density at radius 1 is 1.14 bits per heavy atom. The van der Waals surface area contributed by atoms with Gasteiger partial charge in [0, 0.05) is 18.7 Å². The van der Waals surface area contributed by atoms with E-state index in [-0.39, 0.29) is 35.0 Å². The fourth-order valence-corrected chi connectivity index (χ4v) is 3.05. The summed E-state index contributed by atoms with van der Waals surface area (Å²) < 4.78 is 5.99. The Kier molecular flexibility index (Phi) is 4.00. The lowest BCUT2D eigenvalue weighted by molar-refractivity contribution is -0.178. The molecule has 0 radical (unpaired) electrons. The largest absolute Gasteiger partial charge is 0.504 e. The van der Waals surface area contributed by atoms with Crippen molar-refractivity contribution in [2.45, 2.75) is 38.9 Å². The first-order chi connectivity index (χ1) is 9.58. The number of rotatable bonds is 3. The molecule has 0 atom stereocenters. The molecule has 2 N–H and O–H groups in total. The van der Waals surface area contributed by atoms with Crippen molar-refractivity contribution in [1.82, 2.24) is 4.90 Å². The van der Waals surface area contributed by atoms with E-state index in [0.717, 1.165) is 0 Å². The number of nitrogens with zero attached hydrogens (tertiary/aromatic N) is 1. The number of phenols is 2. The number of Topliss-reactive ketones (excluding diaryl/α,β-unsaturated/α-hetero) is 1. The third-order valence-corrected chi connectivity index (χ3v) is 3.43. The SMILES string of the molecule is CC1(C)CN(CC(=O)c2ccc(O)c(O)c2)CC(C)(C)O1. The fourth-order valence-electron chi connectivity index (χ4n) is 3.05. The van der Waals surface area contributed by atoms with Gasteiger partial charge in [-0.2, -0.15) is 0 Å². The summed E-state index contributed by atoms with van der Waals surface area (Å²) in [6.07, 6.45) is 0. The Hall–Kier alpha value is -1.59. The summed E-state index contributed by atoms with van der Waals surface area (Å²) in [6.45, 7) is 9.66. The molecule has 21 heavy (non-hydrogen) atoms. The molecule has 1 aliphatic rings. The molecule has 116 valence electrons. The molecule has 1 aliphatic heterocycles. The van der Waals surface area contributed by atoms with Crippen molar-refractivity contribution in [3.05, 3.63) is 23.8 Å². The lowest BCUT2D eigenvalue weighted by Crippen LogP contribution is -2.58. The monoisotopic (exact) mass is 293 g/mol. The summed E-state index contributed by atoms with van der Waals surface area (Å²) in [6, 6.07) is 4.15. The average Bonchev–Trinajstić information content (AvgIpc) is 2.28. The van der Waals surface area contributed by atoms with Gasteiger partial charge in [0.25, 0.3) is 0 Å². The van der Waals surface area contributed by atoms with Crippen LogP contribution in [-0.2, 0) is 4.74 Å². The molecule has 0 saturated carbocycles. The van der Waals surface area contributed by atoms with Gasteiger partial charge in [-0.25, -0.2) is 0 Å². The van der Waals surface area contributed by atoms with Gasteiger partial charge >= 0.3 is 0 Å². The van der Waals surface area contributed by atoms with E-state index in [1.807, 2.05) is 27.7 Å². The summed E-state index contributed by atoms with van der Waals surface area (Å²) in [5.74, 6) is -0.581. The molecule has 1 fully saturated rings. The number of hydrogen-bond donors (Lipinski definition) is 2. The second-order valence-corrected chi connectivity index (χ2v) is 6.89. The van der Waals surface area contributed by atoms with Gasteiger partial charge in [0.15, 0.2) is 17.3 Å². The molecule has 1 saturated heterocycles. The highest BCUT2D eigenvalue weighted by atomic mass is 16.5. The minimum Gasteiger partial charge on any atom is -0.504 e. The van der Waals surface area contributed by atoms with Crippen LogP contribution < -0.4 is 0 Å². The minimum atomic E-state index is -0.306. The van der Waals surface area contributed by atoms with Crippen molar-refractivity contribution in [2.75, 3.05) is 19.6 Å². The lowest BCUT2D eigenvalue weighted by Gasteiger charge is -2.47. The zero-order valence-electron chi connectivity index (χ0n) is 13.0. The van der Waals surface area contributed by atoms with Gasteiger partial charge in [-0.3, -0.25) is 9.69 Å². The van der Waals surface area contributed by atoms with Crippen molar-refractivity contribution >= 4 is 5.78 Å². The first kappa shape index (κ1) is 15.8. The Bertz CT molecular complexity index is 535. The molecule has 5 heteroatoms. The molecule has 0 unspecified atom stereocenters. The van der Waals surface area contributed by atoms with Crippen LogP contribution in [0.15, 0.2) is 18.2 Å². The Balaban J connectivity index is 2.10. The van der Waals surface area contributed by atoms with E-state index in [1.54, 1.807) is 0 Å². The standard InChI is InChI=1S/C16H23NO4/c1-15(2)9-17(10-16(3,4)21-15)8-14(20)11-5-6-12(18)13(19)7-11/h5-7,18-19H,8-10H2,1-4H3. The van der Waals surface area contributed by atoms with Gasteiger partial charge in [0.1, 0.15) is 0 Å². The predicted molar refractivity (Wildman–Crippen MR) is 79.8 cm³/mol. The highest BCUT2D eigenvalue weighted by molar-refractivity contribution is 5.98. The van der Waals surface area contributed by atoms with E-state index in [2.05, 4.69) is 4.90 Å². The second kappa shape index (κ2) is 5.31. The number of ketones is 1. The van der Waals surface area contributed by atoms with Crippen LogP contribution in [0.5, 0.6) is 11.5 Å². The fraction of sp³-hybridized carbons (Fsp3) is 0.562. The number of benzene rings is 1. The van der Waals surface area contributed by atoms with E-state index in [4.69, 9.17) is 4.74 Å². The first-order valence-corrected chi connectivity index (χ1v) is 7.06. The van der Waals surface area contributed by atoms with Crippen LogP contribution in [0.1, 0.15) is 38.1 Å². The molecule has 0 spiro atoms. The Morgan fingerprint density at radius 3 is 2.24 bits per heavy atom. The summed E-state index contributed by atoms with van der Waals surface area (Å²) in [7, 11) is 0. The molecule has 1 aromatic rings. The number of phenolic OH excluding ortho intramolecular Hbond substituents is 2. The normalized spacial score (nSPS) is 21.1. The average molecular weight is 293 g/mol. The van der Waals surface area contributed by atoms with E-state index in [1.165, 1.54) is 18.2 Å². The molecular formula is C16H23NO4. The topological polar surface area (TPSA) is 70.0 Å². The van der Waals surface area contributed by atoms with Gasteiger partial charge in [0.05, 0.1) is 17.7 Å². The van der Waals surface area contributed by atoms with Crippen LogP contribution in [0.3, 0.4) is 0 Å². The summed E-state index contributed by atoms with van der Waals surface area (Å²) in [4.78, 5) is 14.4. The van der Waals surface area contributed by atoms with Gasteiger partial charge in [-0.05, 0) is 45.9 Å². The van der Waals surface area contributed by atoms with Crippen molar-refractivity contribution in [3.8, 4) is 11.5 Å². The Morgan fingerprint density at radius 2 is 1.71 bits per heavy atom. The van der Waals surface area contributed by atoms with Crippen LogP contribution in [0.25, 0.3) is 0 Å². The number of carbonyl (C=O) groups excluding carboxylic acids is 1. The van der Waals surface area contributed by atoms with Crippen molar-refractivity contribution in [3.63, 3.8) is 0 Å². The van der Waals surface area contributed by atoms with Crippen LogP contribution in [0.4, 0.5) is 0 Å². The molecule has 1 heterocycles. The third-order valence-electron chi connectivity index (χ3n) is 3.43. The first-order valence-electron chi connectivity index (χ1n) is 7.06. The van der Waals surface area contributed by atoms with Crippen LogP contribution in [0.2, 0.25) is 0 Å². The van der Waals surface area contributed by atoms with Crippen molar-refractivity contribution in [1.29, 1.82) is 0 Å². The molecule has 0 aromatic heterocycles. The third kappa shape index (κ3) is 3.95. The smallest absolute Gasteiger partial charge is 0.176 e. The van der Waals surface area contributed by atoms with Crippen LogP contribution >= 0.6 is 0 Å². The van der Waals surface area contributed by atoms with Crippen LogP contribution in [0, 0.1) is 0 Å². The number of aromatic hydroxyl groups is 2. The maximum atomic E-state index is 12.3. The van der Waals surface area contributed by atoms with Gasteiger partial charge in [-0.1, -0.05) is 0 Å². The van der Waals surface area contributed by atoms with E-state index in [9.17, 15) is 15.0 Å². The summed E-state index contributed by atoms with van der Waals surface area (Å²) in [5, 5.41) is 18.8. The molecule has 0 aliphatic carbocycles. The minimum absolute atomic E-state index is 0.0844. The summed E-state index contributed by atoms with van der Waals surface area (Å²) >= 11 is 0. The zero-order chi connectivity index (χ0) is 15.8. The number of morpholine rings is 1. The molecular weight excluding hydrogens is 270 g/mol. The molecule has 0 bridgehead atoms. The van der Waals surface area contributed by atoms with Gasteiger partial charge in [-0.15, -0.1) is 0 Å². The highest BCUT2D eigenvalue weighted by Crippen LogP contribution is 2.29.